The number of carbonyl (C=O) groups excluding carboxylic acids is 1. The first kappa shape index (κ1) is 21.0. The smallest absolute Gasteiger partial charge is 0.269 e. The van der Waals surface area contributed by atoms with Crippen LogP contribution >= 0.6 is 0 Å². The lowest BCUT2D eigenvalue weighted by atomic mass is 9.87. The fraction of sp³-hybridized carbons (Fsp3) is 0.524. The standard InChI is InChI=1S/C21H29N5O3/c1-24-13-18(21(23-24)17-7-9-19(10-8-17)26(28)29)14-25(15-20(22)27)12-11-16-5-3-2-4-6-16/h7-10,13,16H,2-6,11-12,14-15H2,1H3,(H2,22,27). The predicted molar refractivity (Wildman–Crippen MR) is 111 cm³/mol. The van der Waals surface area contributed by atoms with Crippen LogP contribution in [0.3, 0.4) is 0 Å². The van der Waals surface area contributed by atoms with Crippen LogP contribution in [-0.4, -0.2) is 38.6 Å². The van der Waals surface area contributed by atoms with E-state index in [9.17, 15) is 14.9 Å². The minimum Gasteiger partial charge on any atom is -0.369 e. The van der Waals surface area contributed by atoms with Gasteiger partial charge in [-0.2, -0.15) is 5.10 Å². The zero-order valence-electron chi connectivity index (χ0n) is 16.9. The number of nitrogens with zero attached hydrogens (tertiary/aromatic N) is 4. The Kier molecular flexibility index (Phi) is 6.98. The van der Waals surface area contributed by atoms with E-state index in [1.807, 2.05) is 13.2 Å². The Morgan fingerprint density at radius 1 is 1.28 bits per heavy atom. The molecule has 0 spiro atoms. The molecule has 1 aromatic carbocycles. The topological polar surface area (TPSA) is 107 Å². The number of aryl methyl sites for hydroxylation is 1. The van der Waals surface area contributed by atoms with E-state index in [0.29, 0.717) is 6.54 Å². The number of rotatable bonds is 9. The maximum Gasteiger partial charge on any atom is 0.269 e. The molecule has 29 heavy (non-hydrogen) atoms. The quantitative estimate of drug-likeness (QED) is 0.514. The van der Waals surface area contributed by atoms with Crippen molar-refractivity contribution >= 4 is 11.6 Å². The molecule has 2 aromatic rings. The van der Waals surface area contributed by atoms with E-state index >= 15 is 0 Å². The van der Waals surface area contributed by atoms with Gasteiger partial charge in [0.05, 0.1) is 17.2 Å². The van der Waals surface area contributed by atoms with Crippen LogP contribution in [0.2, 0.25) is 0 Å². The van der Waals surface area contributed by atoms with Crippen molar-refractivity contribution < 1.29 is 9.72 Å². The number of nitro groups is 1. The van der Waals surface area contributed by atoms with Crippen LogP contribution in [0.25, 0.3) is 11.3 Å². The molecule has 1 fully saturated rings. The van der Waals surface area contributed by atoms with Gasteiger partial charge in [0.15, 0.2) is 0 Å². The third-order valence-electron chi connectivity index (χ3n) is 5.61. The van der Waals surface area contributed by atoms with E-state index in [0.717, 1.165) is 35.7 Å². The average Bonchev–Trinajstić information content (AvgIpc) is 3.06. The van der Waals surface area contributed by atoms with Gasteiger partial charge in [0.25, 0.3) is 5.69 Å². The number of non-ortho nitro benzene ring substituents is 1. The summed E-state index contributed by atoms with van der Waals surface area (Å²) in [6.45, 7) is 1.60. The van der Waals surface area contributed by atoms with E-state index < -0.39 is 4.92 Å². The second-order valence-corrected chi connectivity index (χ2v) is 7.95. The van der Waals surface area contributed by atoms with E-state index in [2.05, 4.69) is 10.00 Å². The molecule has 156 valence electrons. The van der Waals surface area contributed by atoms with Crippen LogP contribution in [-0.2, 0) is 18.4 Å². The molecule has 8 nitrogen and oxygen atoms in total. The minimum atomic E-state index is -0.414. The lowest BCUT2D eigenvalue weighted by Crippen LogP contribution is -2.35. The molecule has 1 amide bonds. The largest absolute Gasteiger partial charge is 0.369 e. The molecule has 0 bridgehead atoms. The molecule has 8 heteroatoms. The monoisotopic (exact) mass is 399 g/mol. The fourth-order valence-corrected chi connectivity index (χ4v) is 4.15. The lowest BCUT2D eigenvalue weighted by Gasteiger charge is -2.26. The molecular formula is C21H29N5O3. The van der Waals surface area contributed by atoms with Crippen LogP contribution < -0.4 is 5.73 Å². The van der Waals surface area contributed by atoms with Crippen molar-refractivity contribution in [1.82, 2.24) is 14.7 Å². The summed E-state index contributed by atoms with van der Waals surface area (Å²) in [7, 11) is 1.85. The lowest BCUT2D eigenvalue weighted by molar-refractivity contribution is -0.384. The molecule has 1 saturated carbocycles. The van der Waals surface area contributed by atoms with Crippen LogP contribution in [0.5, 0.6) is 0 Å². The van der Waals surface area contributed by atoms with Gasteiger partial charge in [-0.05, 0) is 31.0 Å². The van der Waals surface area contributed by atoms with Gasteiger partial charge in [0, 0.05) is 43.0 Å². The number of nitrogens with two attached hydrogens (primary N) is 1. The molecule has 1 aliphatic rings. The van der Waals surface area contributed by atoms with Crippen LogP contribution in [0.1, 0.15) is 44.1 Å². The van der Waals surface area contributed by atoms with Gasteiger partial charge in [-0.1, -0.05) is 32.1 Å². The van der Waals surface area contributed by atoms with E-state index in [4.69, 9.17) is 5.73 Å². The number of benzene rings is 1. The highest BCUT2D eigenvalue weighted by Gasteiger charge is 2.19. The third kappa shape index (κ3) is 5.87. The van der Waals surface area contributed by atoms with Crippen molar-refractivity contribution in [2.45, 2.75) is 45.1 Å². The molecule has 0 unspecified atom stereocenters. The molecule has 2 N–H and O–H groups in total. The number of primary amides is 1. The van der Waals surface area contributed by atoms with Crippen molar-refractivity contribution in [1.29, 1.82) is 0 Å². The SMILES string of the molecule is Cn1cc(CN(CCC2CCCCC2)CC(N)=O)c(-c2ccc([N+](=O)[O-])cc2)n1. The number of hydrogen-bond donors (Lipinski definition) is 1. The van der Waals surface area contributed by atoms with Gasteiger partial charge in [-0.15, -0.1) is 0 Å². The predicted octanol–water partition coefficient (Wildman–Crippen LogP) is 3.25. The Labute approximate surface area is 170 Å². The fourth-order valence-electron chi connectivity index (χ4n) is 4.15. The van der Waals surface area contributed by atoms with E-state index in [1.165, 1.54) is 44.2 Å². The first-order valence-corrected chi connectivity index (χ1v) is 10.2. The summed E-state index contributed by atoms with van der Waals surface area (Å²) < 4.78 is 1.73. The van der Waals surface area contributed by atoms with Gasteiger partial charge in [-0.25, -0.2) is 0 Å². The Morgan fingerprint density at radius 3 is 2.59 bits per heavy atom. The molecule has 1 aliphatic carbocycles. The molecule has 0 atom stereocenters. The number of amides is 1. The summed E-state index contributed by atoms with van der Waals surface area (Å²) >= 11 is 0. The number of aromatic nitrogens is 2. The van der Waals surface area contributed by atoms with Crippen molar-refractivity contribution in [3.8, 4) is 11.3 Å². The van der Waals surface area contributed by atoms with Crippen LogP contribution in [0, 0.1) is 16.0 Å². The minimum absolute atomic E-state index is 0.0501. The first-order valence-electron chi connectivity index (χ1n) is 10.2. The average molecular weight is 399 g/mol. The second kappa shape index (κ2) is 9.65. The molecule has 0 radical (unpaired) electrons. The summed E-state index contributed by atoms with van der Waals surface area (Å²) in [5.41, 5.74) is 8.11. The van der Waals surface area contributed by atoms with Gasteiger partial charge in [-0.3, -0.25) is 24.5 Å². The van der Waals surface area contributed by atoms with E-state index in [-0.39, 0.29) is 18.1 Å². The van der Waals surface area contributed by atoms with Crippen molar-refractivity contribution in [2.24, 2.45) is 18.7 Å². The highest BCUT2D eigenvalue weighted by Crippen LogP contribution is 2.28. The molecule has 1 aromatic heterocycles. The van der Waals surface area contributed by atoms with E-state index in [1.54, 1.807) is 16.8 Å². The summed E-state index contributed by atoms with van der Waals surface area (Å²) in [5, 5.41) is 15.4. The third-order valence-corrected chi connectivity index (χ3v) is 5.61. The van der Waals surface area contributed by atoms with Gasteiger partial charge in [0.2, 0.25) is 5.91 Å². The summed E-state index contributed by atoms with van der Waals surface area (Å²) in [6, 6.07) is 6.39. The van der Waals surface area contributed by atoms with Crippen molar-refractivity contribution in [2.75, 3.05) is 13.1 Å². The molecule has 1 heterocycles. The molecule has 0 aliphatic heterocycles. The summed E-state index contributed by atoms with van der Waals surface area (Å²) in [4.78, 5) is 24.2. The molecule has 0 saturated heterocycles. The van der Waals surface area contributed by atoms with Gasteiger partial charge in [0.1, 0.15) is 0 Å². The van der Waals surface area contributed by atoms with Crippen molar-refractivity contribution in [3.63, 3.8) is 0 Å². The highest BCUT2D eigenvalue weighted by molar-refractivity contribution is 5.76. The maximum atomic E-state index is 11.6. The molecular weight excluding hydrogens is 370 g/mol. The summed E-state index contributed by atoms with van der Waals surface area (Å²) in [6.07, 6.45) is 9.47. The molecule has 3 rings (SSSR count). The summed E-state index contributed by atoms with van der Waals surface area (Å²) in [5.74, 6) is 0.386. The number of carbonyl (C=O) groups is 1. The Balaban J connectivity index is 1.74. The Bertz CT molecular complexity index is 841. The maximum absolute atomic E-state index is 11.6. The Morgan fingerprint density at radius 2 is 1.97 bits per heavy atom. The van der Waals surface area contributed by atoms with Crippen molar-refractivity contribution in [3.05, 3.63) is 46.1 Å². The second-order valence-electron chi connectivity index (χ2n) is 7.95. The zero-order valence-corrected chi connectivity index (χ0v) is 16.9. The van der Waals surface area contributed by atoms with Gasteiger partial charge >= 0.3 is 0 Å². The number of nitro benzene ring substituents is 1. The number of hydrogen-bond acceptors (Lipinski definition) is 5. The van der Waals surface area contributed by atoms with Gasteiger partial charge < -0.3 is 5.73 Å². The van der Waals surface area contributed by atoms with Crippen LogP contribution in [0.4, 0.5) is 5.69 Å². The van der Waals surface area contributed by atoms with Crippen LogP contribution in [0.15, 0.2) is 30.5 Å². The highest BCUT2D eigenvalue weighted by atomic mass is 16.6. The first-order chi connectivity index (χ1) is 13.9. The Hall–Kier alpha value is -2.74. The normalized spacial score (nSPS) is 15.0. The zero-order chi connectivity index (χ0) is 20.8.